The normalized spacial score (nSPS) is 26.2. The van der Waals surface area contributed by atoms with Crippen LogP contribution in [0, 0.1) is 5.92 Å². The first-order valence-corrected chi connectivity index (χ1v) is 11.2. The fourth-order valence-electron chi connectivity index (χ4n) is 5.11. The van der Waals surface area contributed by atoms with Crippen LogP contribution >= 0.6 is 0 Å². The third-order valence-corrected chi connectivity index (χ3v) is 6.87. The van der Waals surface area contributed by atoms with Crippen LogP contribution in [-0.4, -0.2) is 72.0 Å². The monoisotopic (exact) mass is 385 g/mol. The molecule has 6 nitrogen and oxygen atoms in total. The highest BCUT2D eigenvalue weighted by molar-refractivity contribution is 5.78. The number of piperidine rings is 3. The molecule has 0 saturated carbocycles. The Morgan fingerprint density at radius 1 is 1.04 bits per heavy atom. The highest BCUT2D eigenvalue weighted by Crippen LogP contribution is 2.25. The van der Waals surface area contributed by atoms with Crippen molar-refractivity contribution in [2.45, 2.75) is 57.2 Å². The van der Waals surface area contributed by atoms with Gasteiger partial charge in [-0.1, -0.05) is 6.07 Å². The van der Waals surface area contributed by atoms with E-state index in [9.17, 15) is 4.79 Å². The van der Waals surface area contributed by atoms with Crippen molar-refractivity contribution in [1.82, 2.24) is 25.4 Å². The van der Waals surface area contributed by atoms with Gasteiger partial charge in [0.05, 0.1) is 12.2 Å². The molecule has 0 aromatic carbocycles. The van der Waals surface area contributed by atoms with Crippen molar-refractivity contribution in [3.05, 3.63) is 30.1 Å². The number of aromatic nitrogens is 1. The van der Waals surface area contributed by atoms with E-state index in [2.05, 4.69) is 25.4 Å². The second-order valence-electron chi connectivity index (χ2n) is 8.62. The molecular weight excluding hydrogens is 350 g/mol. The van der Waals surface area contributed by atoms with Crippen LogP contribution in [0.2, 0.25) is 0 Å². The van der Waals surface area contributed by atoms with Gasteiger partial charge in [0, 0.05) is 30.7 Å². The van der Waals surface area contributed by atoms with Gasteiger partial charge in [-0.15, -0.1) is 0 Å². The molecular formula is C22H35N5O. The smallest absolute Gasteiger partial charge is 0.223 e. The fraction of sp³-hybridized carbons (Fsp3) is 0.727. The predicted molar refractivity (Wildman–Crippen MR) is 111 cm³/mol. The van der Waals surface area contributed by atoms with E-state index in [1.54, 1.807) is 6.20 Å². The molecule has 1 aromatic rings. The molecule has 1 amide bonds. The summed E-state index contributed by atoms with van der Waals surface area (Å²) in [6.45, 7) is 7.51. The fourth-order valence-corrected chi connectivity index (χ4v) is 5.11. The standard InChI is InChI=1S/C22H35N5O/c28-22(25-16-19-4-1-2-11-24-19)18-6-12-26(13-7-18)20-8-14-27(15-9-20)21-5-3-10-23-17-21/h1-2,4,11,18,20-21,23H,3,5-10,12-17H2,(H,25,28)/t21-/m0/s1. The van der Waals surface area contributed by atoms with Crippen LogP contribution in [0.5, 0.6) is 0 Å². The second kappa shape index (κ2) is 9.81. The number of likely N-dealkylation sites (tertiary alicyclic amines) is 2. The number of nitrogens with one attached hydrogen (secondary N) is 2. The molecule has 3 fully saturated rings. The molecule has 3 saturated heterocycles. The van der Waals surface area contributed by atoms with Crippen LogP contribution in [0.1, 0.15) is 44.2 Å². The Labute approximate surface area is 169 Å². The summed E-state index contributed by atoms with van der Waals surface area (Å²) in [6.07, 6.45) is 8.99. The molecule has 1 atom stereocenters. The minimum atomic E-state index is 0.161. The van der Waals surface area contributed by atoms with Crippen molar-refractivity contribution in [2.24, 2.45) is 5.92 Å². The lowest BCUT2D eigenvalue weighted by molar-refractivity contribution is -0.126. The first kappa shape index (κ1) is 19.8. The lowest BCUT2D eigenvalue weighted by atomic mass is 9.92. The quantitative estimate of drug-likeness (QED) is 0.807. The number of amides is 1. The van der Waals surface area contributed by atoms with Crippen molar-refractivity contribution in [3.63, 3.8) is 0 Å². The first-order chi connectivity index (χ1) is 13.8. The third kappa shape index (κ3) is 5.10. The largest absolute Gasteiger partial charge is 0.350 e. The summed E-state index contributed by atoms with van der Waals surface area (Å²) in [5.74, 6) is 0.360. The van der Waals surface area contributed by atoms with E-state index < -0.39 is 0 Å². The van der Waals surface area contributed by atoms with Gasteiger partial charge >= 0.3 is 0 Å². The summed E-state index contributed by atoms with van der Waals surface area (Å²) in [7, 11) is 0. The minimum Gasteiger partial charge on any atom is -0.350 e. The molecule has 0 unspecified atom stereocenters. The van der Waals surface area contributed by atoms with Crippen LogP contribution in [-0.2, 0) is 11.3 Å². The summed E-state index contributed by atoms with van der Waals surface area (Å²) in [5, 5.41) is 6.62. The Hall–Kier alpha value is -1.50. The molecule has 28 heavy (non-hydrogen) atoms. The Morgan fingerprint density at radius 2 is 1.79 bits per heavy atom. The maximum Gasteiger partial charge on any atom is 0.223 e. The minimum absolute atomic E-state index is 0.161. The van der Waals surface area contributed by atoms with Crippen molar-refractivity contribution >= 4 is 5.91 Å². The van der Waals surface area contributed by atoms with Gasteiger partial charge in [-0.05, 0) is 83.4 Å². The summed E-state index contributed by atoms with van der Waals surface area (Å²) in [4.78, 5) is 22.1. The molecule has 3 aliphatic rings. The van der Waals surface area contributed by atoms with Crippen LogP contribution in [0.4, 0.5) is 0 Å². The summed E-state index contributed by atoms with van der Waals surface area (Å²) < 4.78 is 0. The van der Waals surface area contributed by atoms with Gasteiger partial charge < -0.3 is 15.5 Å². The Balaban J connectivity index is 1.17. The zero-order chi connectivity index (χ0) is 19.2. The van der Waals surface area contributed by atoms with E-state index in [1.165, 1.54) is 51.9 Å². The van der Waals surface area contributed by atoms with Crippen molar-refractivity contribution < 1.29 is 4.79 Å². The number of hydrogen-bond donors (Lipinski definition) is 2. The molecule has 0 spiro atoms. The van der Waals surface area contributed by atoms with Gasteiger partial charge in [0.15, 0.2) is 0 Å². The average molecular weight is 386 g/mol. The molecule has 0 radical (unpaired) electrons. The maximum absolute atomic E-state index is 12.5. The van der Waals surface area contributed by atoms with Gasteiger partial charge in [-0.3, -0.25) is 14.7 Å². The molecule has 4 heterocycles. The van der Waals surface area contributed by atoms with Crippen LogP contribution < -0.4 is 10.6 Å². The van der Waals surface area contributed by atoms with Gasteiger partial charge in [0.2, 0.25) is 5.91 Å². The molecule has 4 rings (SSSR count). The average Bonchev–Trinajstić information content (AvgIpc) is 2.79. The number of hydrogen-bond acceptors (Lipinski definition) is 5. The van der Waals surface area contributed by atoms with Gasteiger partial charge in [0.25, 0.3) is 0 Å². The molecule has 3 aliphatic heterocycles. The van der Waals surface area contributed by atoms with Crippen LogP contribution in [0.25, 0.3) is 0 Å². The molecule has 6 heteroatoms. The maximum atomic E-state index is 12.5. The van der Waals surface area contributed by atoms with Crippen LogP contribution in [0.3, 0.4) is 0 Å². The number of carbonyl (C=O) groups excluding carboxylic acids is 1. The summed E-state index contributed by atoms with van der Waals surface area (Å²) in [6, 6.07) is 7.28. The Bertz CT molecular complexity index is 603. The number of nitrogens with zero attached hydrogens (tertiary/aromatic N) is 3. The Morgan fingerprint density at radius 3 is 2.46 bits per heavy atom. The molecule has 154 valence electrons. The second-order valence-corrected chi connectivity index (χ2v) is 8.62. The third-order valence-electron chi connectivity index (χ3n) is 6.87. The van der Waals surface area contributed by atoms with E-state index in [-0.39, 0.29) is 11.8 Å². The number of rotatable bonds is 5. The Kier molecular flexibility index (Phi) is 6.94. The molecule has 1 aromatic heterocycles. The van der Waals surface area contributed by atoms with E-state index in [0.717, 1.165) is 37.7 Å². The predicted octanol–water partition coefficient (Wildman–Crippen LogP) is 1.63. The first-order valence-electron chi connectivity index (χ1n) is 11.2. The SMILES string of the molecule is O=C(NCc1ccccn1)C1CCN(C2CCN([C@H]3CCCNC3)CC2)CC1. The number of pyridine rings is 1. The molecule has 0 aliphatic carbocycles. The number of carbonyl (C=O) groups is 1. The molecule has 2 N–H and O–H groups in total. The topological polar surface area (TPSA) is 60.5 Å². The van der Waals surface area contributed by atoms with Crippen LogP contribution in [0.15, 0.2) is 24.4 Å². The lowest BCUT2D eigenvalue weighted by Crippen LogP contribution is -2.53. The van der Waals surface area contributed by atoms with E-state index in [0.29, 0.717) is 12.6 Å². The van der Waals surface area contributed by atoms with E-state index >= 15 is 0 Å². The molecule has 0 bridgehead atoms. The highest BCUT2D eigenvalue weighted by atomic mass is 16.1. The van der Waals surface area contributed by atoms with Gasteiger partial charge in [0.1, 0.15) is 0 Å². The zero-order valence-electron chi connectivity index (χ0n) is 17.0. The van der Waals surface area contributed by atoms with E-state index in [4.69, 9.17) is 0 Å². The zero-order valence-corrected chi connectivity index (χ0v) is 17.0. The summed E-state index contributed by atoms with van der Waals surface area (Å²) >= 11 is 0. The van der Waals surface area contributed by atoms with Crippen molar-refractivity contribution in [2.75, 3.05) is 39.3 Å². The van der Waals surface area contributed by atoms with Gasteiger partial charge in [-0.25, -0.2) is 0 Å². The van der Waals surface area contributed by atoms with Crippen molar-refractivity contribution in [1.29, 1.82) is 0 Å². The van der Waals surface area contributed by atoms with Gasteiger partial charge in [-0.2, -0.15) is 0 Å². The van der Waals surface area contributed by atoms with E-state index in [1.807, 2.05) is 18.2 Å². The van der Waals surface area contributed by atoms with Crippen molar-refractivity contribution in [3.8, 4) is 0 Å². The summed E-state index contributed by atoms with van der Waals surface area (Å²) in [5.41, 5.74) is 0.924. The highest BCUT2D eigenvalue weighted by Gasteiger charge is 2.32. The lowest BCUT2D eigenvalue weighted by Gasteiger charge is -2.44.